The number of aromatic nitrogens is 2. The molecule has 0 radical (unpaired) electrons. The fourth-order valence-corrected chi connectivity index (χ4v) is 1.71. The van der Waals surface area contributed by atoms with Gasteiger partial charge in [-0.1, -0.05) is 18.2 Å². The van der Waals surface area contributed by atoms with E-state index in [9.17, 15) is 8.78 Å². The first-order valence-electron chi connectivity index (χ1n) is 5.32. The van der Waals surface area contributed by atoms with Crippen LogP contribution in [0.1, 0.15) is 12.0 Å². The van der Waals surface area contributed by atoms with Crippen LogP contribution in [0.2, 0.25) is 0 Å². The molecule has 2 rings (SSSR count). The molecule has 0 unspecified atom stereocenters. The topological polar surface area (TPSA) is 43.8 Å². The van der Waals surface area contributed by atoms with Crippen molar-refractivity contribution in [3.05, 3.63) is 48.3 Å². The Bertz CT molecular complexity index is 480. The lowest BCUT2D eigenvalue weighted by molar-refractivity contribution is -0.0107. The molecule has 0 aliphatic rings. The maximum atomic E-state index is 13.9. The molecule has 0 bridgehead atoms. The largest absolute Gasteiger partial charge is 0.330 e. The Labute approximate surface area is 97.9 Å². The highest BCUT2D eigenvalue weighted by Crippen LogP contribution is 2.34. The quantitative estimate of drug-likeness (QED) is 0.886. The van der Waals surface area contributed by atoms with E-state index in [0.29, 0.717) is 5.69 Å². The van der Waals surface area contributed by atoms with E-state index in [1.807, 2.05) is 0 Å². The maximum absolute atomic E-state index is 13.9. The molecule has 2 aromatic rings. The first-order chi connectivity index (χ1) is 8.15. The first-order valence-corrected chi connectivity index (χ1v) is 5.32. The van der Waals surface area contributed by atoms with Gasteiger partial charge in [0.25, 0.3) is 5.92 Å². The SMILES string of the molecule is NCCC(F)(F)c1ccccc1-n1cccn1. The number of nitrogens with zero attached hydrogens (tertiary/aromatic N) is 2. The third kappa shape index (κ3) is 2.34. The number of hydrogen-bond donors (Lipinski definition) is 1. The zero-order valence-electron chi connectivity index (χ0n) is 9.18. The first kappa shape index (κ1) is 11.7. The van der Waals surface area contributed by atoms with Crippen LogP contribution in [0.25, 0.3) is 5.69 Å². The van der Waals surface area contributed by atoms with Gasteiger partial charge in [-0.2, -0.15) is 5.10 Å². The van der Waals surface area contributed by atoms with Crippen LogP contribution in [0.4, 0.5) is 8.78 Å². The third-order valence-corrected chi connectivity index (χ3v) is 2.51. The van der Waals surface area contributed by atoms with Crippen LogP contribution in [0.3, 0.4) is 0 Å². The van der Waals surface area contributed by atoms with Crippen LogP contribution in [0.5, 0.6) is 0 Å². The van der Waals surface area contributed by atoms with E-state index in [1.165, 1.54) is 10.7 Å². The van der Waals surface area contributed by atoms with Gasteiger partial charge in [0, 0.05) is 24.4 Å². The van der Waals surface area contributed by atoms with Crippen molar-refractivity contribution >= 4 is 0 Å². The predicted molar refractivity (Wildman–Crippen MR) is 61.1 cm³/mol. The van der Waals surface area contributed by atoms with E-state index in [4.69, 9.17) is 5.73 Å². The van der Waals surface area contributed by atoms with E-state index in [1.54, 1.807) is 36.7 Å². The third-order valence-electron chi connectivity index (χ3n) is 2.51. The molecule has 2 N–H and O–H groups in total. The Morgan fingerprint density at radius 2 is 2.00 bits per heavy atom. The minimum Gasteiger partial charge on any atom is -0.330 e. The molecular weight excluding hydrogens is 224 g/mol. The van der Waals surface area contributed by atoms with E-state index >= 15 is 0 Å². The van der Waals surface area contributed by atoms with Gasteiger partial charge in [-0.25, -0.2) is 13.5 Å². The predicted octanol–water partition coefficient (Wildman–Crippen LogP) is 2.31. The van der Waals surface area contributed by atoms with Gasteiger partial charge >= 0.3 is 0 Å². The summed E-state index contributed by atoms with van der Waals surface area (Å²) < 4.78 is 29.2. The number of alkyl halides is 2. The second-order valence-corrected chi connectivity index (χ2v) is 3.71. The molecule has 0 saturated heterocycles. The van der Waals surface area contributed by atoms with E-state index < -0.39 is 5.92 Å². The van der Waals surface area contributed by atoms with Gasteiger partial charge in [0.05, 0.1) is 5.69 Å². The lowest BCUT2D eigenvalue weighted by Gasteiger charge is -2.19. The van der Waals surface area contributed by atoms with Crippen molar-refractivity contribution in [1.82, 2.24) is 9.78 Å². The van der Waals surface area contributed by atoms with Crippen molar-refractivity contribution in [2.45, 2.75) is 12.3 Å². The van der Waals surface area contributed by atoms with Crippen molar-refractivity contribution in [2.24, 2.45) is 5.73 Å². The molecule has 90 valence electrons. The zero-order chi connectivity index (χ0) is 12.3. The van der Waals surface area contributed by atoms with Crippen LogP contribution in [0, 0.1) is 0 Å². The molecule has 0 aliphatic heterocycles. The molecule has 0 amide bonds. The monoisotopic (exact) mass is 237 g/mol. The highest BCUT2D eigenvalue weighted by Gasteiger charge is 2.33. The second-order valence-electron chi connectivity index (χ2n) is 3.71. The molecule has 0 saturated carbocycles. The van der Waals surface area contributed by atoms with Crippen molar-refractivity contribution < 1.29 is 8.78 Å². The fraction of sp³-hybridized carbons (Fsp3) is 0.250. The summed E-state index contributed by atoms with van der Waals surface area (Å²) in [5.41, 5.74) is 5.56. The Morgan fingerprint density at radius 3 is 2.65 bits per heavy atom. The minimum atomic E-state index is -2.93. The van der Waals surface area contributed by atoms with Crippen molar-refractivity contribution in [2.75, 3.05) is 6.54 Å². The van der Waals surface area contributed by atoms with Gasteiger partial charge in [-0.3, -0.25) is 0 Å². The highest BCUT2D eigenvalue weighted by atomic mass is 19.3. The molecule has 17 heavy (non-hydrogen) atoms. The molecule has 1 aromatic heterocycles. The Hall–Kier alpha value is -1.75. The van der Waals surface area contributed by atoms with Crippen molar-refractivity contribution in [3.63, 3.8) is 0 Å². The smallest absolute Gasteiger partial charge is 0.276 e. The molecular formula is C12H13F2N3. The van der Waals surface area contributed by atoms with Gasteiger partial charge in [0.2, 0.25) is 0 Å². The van der Waals surface area contributed by atoms with Gasteiger partial charge in [0.1, 0.15) is 0 Å². The second kappa shape index (κ2) is 4.63. The molecule has 0 atom stereocenters. The summed E-state index contributed by atoms with van der Waals surface area (Å²) in [7, 11) is 0. The van der Waals surface area contributed by atoms with Crippen LogP contribution in [-0.4, -0.2) is 16.3 Å². The van der Waals surface area contributed by atoms with Crippen LogP contribution in [-0.2, 0) is 5.92 Å². The Balaban J connectivity index is 2.48. The number of nitrogens with two attached hydrogens (primary N) is 1. The van der Waals surface area contributed by atoms with Crippen molar-refractivity contribution in [3.8, 4) is 5.69 Å². The van der Waals surface area contributed by atoms with Crippen LogP contribution >= 0.6 is 0 Å². The van der Waals surface area contributed by atoms with E-state index in [0.717, 1.165) is 0 Å². The minimum absolute atomic E-state index is 0.0471. The molecule has 0 aliphatic carbocycles. The molecule has 0 fully saturated rings. The summed E-state index contributed by atoms with van der Waals surface area (Å²) in [6, 6.07) is 8.02. The summed E-state index contributed by atoms with van der Waals surface area (Å²) >= 11 is 0. The molecule has 1 heterocycles. The summed E-state index contributed by atoms with van der Waals surface area (Å²) in [6.07, 6.45) is 2.82. The number of halogens is 2. The number of benzene rings is 1. The zero-order valence-corrected chi connectivity index (χ0v) is 9.18. The maximum Gasteiger partial charge on any atom is 0.276 e. The summed E-state index contributed by atoms with van der Waals surface area (Å²) in [4.78, 5) is 0. The van der Waals surface area contributed by atoms with Crippen molar-refractivity contribution in [1.29, 1.82) is 0 Å². The Kier molecular flexibility index (Phi) is 3.19. The van der Waals surface area contributed by atoms with Gasteiger partial charge in [-0.15, -0.1) is 0 Å². The number of hydrogen-bond acceptors (Lipinski definition) is 2. The Morgan fingerprint density at radius 1 is 1.24 bits per heavy atom. The normalized spacial score (nSPS) is 11.7. The summed E-state index contributed by atoms with van der Waals surface area (Å²) in [5.74, 6) is -2.93. The molecule has 0 spiro atoms. The molecule has 1 aromatic carbocycles. The van der Waals surface area contributed by atoms with Gasteiger partial charge in [0.15, 0.2) is 0 Å². The lowest BCUT2D eigenvalue weighted by atomic mass is 10.0. The number of rotatable bonds is 4. The number of para-hydroxylation sites is 1. The molecule has 5 heteroatoms. The average molecular weight is 237 g/mol. The van der Waals surface area contributed by atoms with Gasteiger partial charge < -0.3 is 5.73 Å². The highest BCUT2D eigenvalue weighted by molar-refractivity contribution is 5.42. The van der Waals surface area contributed by atoms with E-state index in [2.05, 4.69) is 5.10 Å². The van der Waals surface area contributed by atoms with E-state index in [-0.39, 0.29) is 18.5 Å². The summed E-state index contributed by atoms with van der Waals surface area (Å²) in [5, 5.41) is 3.97. The lowest BCUT2D eigenvalue weighted by Crippen LogP contribution is -2.20. The standard InChI is InChI=1S/C12H13F2N3/c13-12(14,6-7-15)10-4-1-2-5-11(10)17-9-3-8-16-17/h1-5,8-9H,6-7,15H2. The fourth-order valence-electron chi connectivity index (χ4n) is 1.71. The van der Waals surface area contributed by atoms with Crippen LogP contribution in [0.15, 0.2) is 42.7 Å². The summed E-state index contributed by atoms with van der Waals surface area (Å²) in [6.45, 7) is -0.0551. The molecule has 3 nitrogen and oxygen atoms in total. The van der Waals surface area contributed by atoms with Crippen LogP contribution < -0.4 is 5.73 Å². The van der Waals surface area contributed by atoms with Gasteiger partial charge in [-0.05, 0) is 18.7 Å². The average Bonchev–Trinajstić information content (AvgIpc) is 2.82.